The number of anilines is 1. The van der Waals surface area contributed by atoms with Crippen LogP contribution in [-0.2, 0) is 21.2 Å². The van der Waals surface area contributed by atoms with Gasteiger partial charge in [-0.1, -0.05) is 6.92 Å². The Morgan fingerprint density at radius 3 is 2.27 bits per heavy atom. The molecule has 2 aromatic rings. The molecule has 33 heavy (non-hydrogen) atoms. The van der Waals surface area contributed by atoms with E-state index in [1.807, 2.05) is 29.2 Å². The van der Waals surface area contributed by atoms with Gasteiger partial charge in [-0.2, -0.15) is 4.31 Å². The Bertz CT molecular complexity index is 1120. The zero-order chi connectivity index (χ0) is 24.3. The number of sulfonamides is 1. The Hall–Kier alpha value is -2.66. The van der Waals surface area contributed by atoms with Crippen LogP contribution in [0.2, 0.25) is 0 Å². The summed E-state index contributed by atoms with van der Waals surface area (Å²) in [5, 5.41) is 0. The van der Waals surface area contributed by atoms with Crippen LogP contribution < -0.4 is 4.90 Å². The van der Waals surface area contributed by atoms with Gasteiger partial charge in [0.15, 0.2) is 0 Å². The third kappa shape index (κ3) is 5.14. The van der Waals surface area contributed by atoms with Crippen LogP contribution in [0.25, 0.3) is 5.65 Å². The summed E-state index contributed by atoms with van der Waals surface area (Å²) in [6.45, 7) is 7.78. The molecule has 3 heterocycles. The first kappa shape index (κ1) is 25.0. The van der Waals surface area contributed by atoms with Crippen LogP contribution >= 0.6 is 0 Å². The van der Waals surface area contributed by atoms with Gasteiger partial charge in [0.2, 0.25) is 15.9 Å². The van der Waals surface area contributed by atoms with Gasteiger partial charge in [0.25, 0.3) is 5.91 Å². The second-order valence-corrected chi connectivity index (χ2v) is 10.5. The van der Waals surface area contributed by atoms with E-state index in [1.165, 1.54) is 4.31 Å². The van der Waals surface area contributed by atoms with Gasteiger partial charge in [0.1, 0.15) is 11.5 Å². The Morgan fingerprint density at radius 2 is 1.73 bits per heavy atom. The molecule has 1 aliphatic heterocycles. The van der Waals surface area contributed by atoms with Crippen molar-refractivity contribution in [2.75, 3.05) is 64.0 Å². The Balaban J connectivity index is 1.89. The molecule has 0 atom stereocenters. The van der Waals surface area contributed by atoms with Crippen LogP contribution in [0.3, 0.4) is 0 Å². The monoisotopic (exact) mass is 478 g/mol. The number of hydrogen-bond donors (Lipinski definition) is 0. The minimum atomic E-state index is -3.25. The standard InChI is InChI=1S/C22H34N6O4S/c1-6-18-21(25(7-2)16-20(29)24(4)5)28-15-17(9-10-19(28)23-18)22(30)26-11-13-27(14-12-26)33(31,32)8-3/h9-10,15H,6-8,11-14,16H2,1-5H3. The number of carbonyl (C=O) groups is 2. The number of aromatic nitrogens is 2. The van der Waals surface area contributed by atoms with Crippen molar-refractivity contribution in [2.45, 2.75) is 27.2 Å². The largest absolute Gasteiger partial charge is 0.347 e. The summed E-state index contributed by atoms with van der Waals surface area (Å²) in [6, 6.07) is 3.57. The van der Waals surface area contributed by atoms with Crippen molar-refractivity contribution in [1.82, 2.24) is 23.5 Å². The molecule has 1 aliphatic rings. The number of amides is 2. The maximum absolute atomic E-state index is 13.2. The SMILES string of the molecule is CCc1nc2ccc(C(=O)N3CCN(S(=O)(=O)CC)CC3)cn2c1N(CC)CC(=O)N(C)C. The van der Waals surface area contributed by atoms with Crippen LogP contribution in [0.5, 0.6) is 0 Å². The molecular weight excluding hydrogens is 444 g/mol. The molecule has 11 heteroatoms. The molecule has 0 aromatic carbocycles. The van der Waals surface area contributed by atoms with Crippen LogP contribution in [0.1, 0.15) is 36.8 Å². The molecule has 1 fully saturated rings. The third-order valence-corrected chi connectivity index (χ3v) is 7.92. The van der Waals surface area contributed by atoms with E-state index in [2.05, 4.69) is 0 Å². The number of rotatable bonds is 8. The predicted octanol–water partition coefficient (Wildman–Crippen LogP) is 0.919. The first-order chi connectivity index (χ1) is 15.6. The average molecular weight is 479 g/mol. The highest BCUT2D eigenvalue weighted by molar-refractivity contribution is 7.89. The highest BCUT2D eigenvalue weighted by Gasteiger charge is 2.28. The van der Waals surface area contributed by atoms with Crippen molar-refractivity contribution < 1.29 is 18.0 Å². The van der Waals surface area contributed by atoms with Gasteiger partial charge in [-0.15, -0.1) is 0 Å². The second kappa shape index (κ2) is 10.1. The smallest absolute Gasteiger partial charge is 0.255 e. The molecule has 2 amide bonds. The summed E-state index contributed by atoms with van der Waals surface area (Å²) >= 11 is 0. The Kier molecular flexibility index (Phi) is 7.63. The maximum atomic E-state index is 13.2. The number of fused-ring (bicyclic) bond motifs is 1. The van der Waals surface area contributed by atoms with E-state index in [4.69, 9.17) is 4.98 Å². The number of carbonyl (C=O) groups excluding carboxylic acids is 2. The van der Waals surface area contributed by atoms with Gasteiger partial charge in [-0.25, -0.2) is 13.4 Å². The van der Waals surface area contributed by atoms with Gasteiger partial charge in [0, 0.05) is 53.0 Å². The van der Waals surface area contributed by atoms with Crippen molar-refractivity contribution in [1.29, 1.82) is 0 Å². The minimum absolute atomic E-state index is 0.0130. The van der Waals surface area contributed by atoms with Crippen LogP contribution in [0, 0.1) is 0 Å². The number of pyridine rings is 1. The molecule has 1 saturated heterocycles. The molecule has 0 spiro atoms. The van der Waals surface area contributed by atoms with Gasteiger partial charge >= 0.3 is 0 Å². The summed E-state index contributed by atoms with van der Waals surface area (Å²) in [5.74, 6) is 0.723. The molecule has 3 rings (SSSR count). The molecule has 182 valence electrons. The first-order valence-corrected chi connectivity index (χ1v) is 13.0. The molecule has 0 saturated carbocycles. The van der Waals surface area contributed by atoms with Crippen molar-refractivity contribution >= 4 is 33.3 Å². The number of aryl methyl sites for hydroxylation is 1. The lowest BCUT2D eigenvalue weighted by molar-refractivity contribution is -0.127. The van der Waals surface area contributed by atoms with Gasteiger partial charge < -0.3 is 14.7 Å². The number of nitrogens with zero attached hydrogens (tertiary/aromatic N) is 6. The normalized spacial score (nSPS) is 15.1. The van der Waals surface area contributed by atoms with Gasteiger partial charge in [-0.3, -0.25) is 14.0 Å². The zero-order valence-corrected chi connectivity index (χ0v) is 20.9. The highest BCUT2D eigenvalue weighted by Crippen LogP contribution is 2.25. The van der Waals surface area contributed by atoms with E-state index in [1.54, 1.807) is 43.1 Å². The molecule has 0 bridgehead atoms. The average Bonchev–Trinajstić information content (AvgIpc) is 3.19. The van der Waals surface area contributed by atoms with Crippen molar-refractivity contribution in [3.8, 4) is 0 Å². The molecule has 2 aromatic heterocycles. The van der Waals surface area contributed by atoms with Crippen LogP contribution in [-0.4, -0.2) is 103 Å². The van der Waals surface area contributed by atoms with E-state index < -0.39 is 10.0 Å². The lowest BCUT2D eigenvalue weighted by Crippen LogP contribution is -2.50. The summed E-state index contributed by atoms with van der Waals surface area (Å²) in [6.07, 6.45) is 2.47. The molecular formula is C22H34N6O4S. The van der Waals surface area contributed by atoms with E-state index in [0.29, 0.717) is 50.4 Å². The molecule has 0 aliphatic carbocycles. The van der Waals surface area contributed by atoms with Crippen molar-refractivity contribution in [2.24, 2.45) is 0 Å². The summed E-state index contributed by atoms with van der Waals surface area (Å²) < 4.78 is 27.5. The zero-order valence-electron chi connectivity index (χ0n) is 20.1. The second-order valence-electron chi connectivity index (χ2n) is 8.28. The lowest BCUT2D eigenvalue weighted by Gasteiger charge is -2.33. The quantitative estimate of drug-likeness (QED) is 0.560. The summed E-state index contributed by atoms with van der Waals surface area (Å²) in [5.41, 5.74) is 2.09. The van der Waals surface area contributed by atoms with Crippen molar-refractivity contribution in [3.63, 3.8) is 0 Å². The van der Waals surface area contributed by atoms with Gasteiger partial charge in [0.05, 0.1) is 23.6 Å². The Labute approximate surface area is 195 Å². The summed E-state index contributed by atoms with van der Waals surface area (Å²) in [4.78, 5) is 35.5. The predicted molar refractivity (Wildman–Crippen MR) is 128 cm³/mol. The van der Waals surface area contributed by atoms with E-state index in [9.17, 15) is 18.0 Å². The van der Waals surface area contributed by atoms with Crippen molar-refractivity contribution in [3.05, 3.63) is 29.6 Å². The van der Waals surface area contributed by atoms with Crippen LogP contribution in [0.15, 0.2) is 18.3 Å². The number of piperazine rings is 1. The third-order valence-electron chi connectivity index (χ3n) is 6.03. The molecule has 0 N–H and O–H groups in total. The Morgan fingerprint density at radius 1 is 1.06 bits per heavy atom. The molecule has 0 unspecified atom stereocenters. The van der Waals surface area contributed by atoms with E-state index >= 15 is 0 Å². The fourth-order valence-corrected chi connectivity index (χ4v) is 5.04. The van der Waals surface area contributed by atoms with Crippen LogP contribution in [0.4, 0.5) is 5.82 Å². The summed E-state index contributed by atoms with van der Waals surface area (Å²) in [7, 11) is 0.208. The first-order valence-electron chi connectivity index (χ1n) is 11.4. The number of hydrogen-bond acceptors (Lipinski definition) is 6. The fourth-order valence-electron chi connectivity index (χ4n) is 3.96. The number of imidazole rings is 1. The molecule has 0 radical (unpaired) electrons. The number of likely N-dealkylation sites (N-methyl/N-ethyl adjacent to an activating group) is 2. The maximum Gasteiger partial charge on any atom is 0.255 e. The van der Waals surface area contributed by atoms with E-state index in [0.717, 1.165) is 11.5 Å². The van der Waals surface area contributed by atoms with Gasteiger partial charge in [-0.05, 0) is 32.4 Å². The molecule has 10 nitrogen and oxygen atoms in total. The minimum Gasteiger partial charge on any atom is -0.347 e. The lowest BCUT2D eigenvalue weighted by atomic mass is 10.2. The topological polar surface area (TPSA) is 98.5 Å². The fraction of sp³-hybridized carbons (Fsp3) is 0.591. The highest BCUT2D eigenvalue weighted by atomic mass is 32.2. The van der Waals surface area contributed by atoms with E-state index in [-0.39, 0.29) is 24.1 Å².